The normalized spacial score (nSPS) is 11.6. The Labute approximate surface area is 147 Å². The van der Waals surface area contributed by atoms with Crippen molar-refractivity contribution in [1.82, 2.24) is 0 Å². The van der Waals surface area contributed by atoms with Crippen molar-refractivity contribution in [2.75, 3.05) is 0 Å². The fourth-order valence-electron chi connectivity index (χ4n) is 1.86. The number of hydrogen-bond donors (Lipinski definition) is 2. The minimum Gasteiger partial charge on any atom is -0.478 e. The number of nitrogens with two attached hydrogens (primary N) is 1. The van der Waals surface area contributed by atoms with Crippen molar-refractivity contribution in [3.05, 3.63) is 75.3 Å². The summed E-state index contributed by atoms with van der Waals surface area (Å²) in [6.07, 6.45) is 1.20. The molecule has 0 aromatic heterocycles. The van der Waals surface area contributed by atoms with Crippen molar-refractivity contribution in [3.8, 4) is 0 Å². The molecule has 3 N–H and O–H groups in total. The number of rotatable bonds is 6. The van der Waals surface area contributed by atoms with Gasteiger partial charge < -0.3 is 10.8 Å². The topological polar surface area (TPSA) is 131 Å². The van der Waals surface area contributed by atoms with Gasteiger partial charge in [0.1, 0.15) is 0 Å². The van der Waals surface area contributed by atoms with E-state index in [1.54, 1.807) is 0 Å². The van der Waals surface area contributed by atoms with E-state index < -0.39 is 10.9 Å². The molecule has 0 fully saturated rings. The molecule has 0 radical (unpaired) electrons. The molecule has 0 aliphatic rings. The van der Waals surface area contributed by atoms with Gasteiger partial charge >= 0.3 is 5.97 Å². The predicted molar refractivity (Wildman–Crippen MR) is 97.0 cm³/mol. The maximum atomic E-state index is 11.2. The van der Waals surface area contributed by atoms with Gasteiger partial charge in [0.05, 0.1) is 16.7 Å². The van der Waals surface area contributed by atoms with Crippen molar-refractivity contribution in [2.24, 2.45) is 15.9 Å². The third-order valence-electron chi connectivity index (χ3n) is 3.06. The molecule has 9 heteroatoms. The fourth-order valence-corrected chi connectivity index (χ4v) is 2.48. The molecule has 8 nitrogen and oxygen atoms in total. The van der Waals surface area contributed by atoms with Gasteiger partial charge in [-0.15, -0.1) is 5.10 Å². The van der Waals surface area contributed by atoms with E-state index in [0.717, 1.165) is 11.6 Å². The molecule has 0 aliphatic heterocycles. The highest BCUT2D eigenvalue weighted by atomic mass is 32.2. The maximum absolute atomic E-state index is 11.2. The summed E-state index contributed by atoms with van der Waals surface area (Å²) in [4.78, 5) is 21.3. The molecular formula is C16H14N4O4S. The number of thioether (sulfide) groups is 1. The second-order valence-electron chi connectivity index (χ2n) is 4.79. The SMILES string of the molecule is NC(=NN=Cc1ccc([N+](=O)[O-])cc1C(=O)O)SCc1ccccc1. The lowest BCUT2D eigenvalue weighted by Crippen LogP contribution is -2.06. The molecule has 2 aromatic carbocycles. The second kappa shape index (κ2) is 8.60. The van der Waals surface area contributed by atoms with Gasteiger partial charge in [-0.1, -0.05) is 42.1 Å². The second-order valence-corrected chi connectivity index (χ2v) is 5.79. The summed E-state index contributed by atoms with van der Waals surface area (Å²) in [5, 5.41) is 27.6. The average molecular weight is 358 g/mol. The van der Waals surface area contributed by atoms with Crippen LogP contribution in [0.5, 0.6) is 0 Å². The summed E-state index contributed by atoms with van der Waals surface area (Å²) in [7, 11) is 0. The maximum Gasteiger partial charge on any atom is 0.336 e. The van der Waals surface area contributed by atoms with Gasteiger partial charge in [-0.25, -0.2) is 4.79 Å². The van der Waals surface area contributed by atoms with E-state index in [9.17, 15) is 14.9 Å². The molecule has 128 valence electrons. The Hall–Kier alpha value is -3.20. The van der Waals surface area contributed by atoms with Crippen LogP contribution >= 0.6 is 11.8 Å². The lowest BCUT2D eigenvalue weighted by molar-refractivity contribution is -0.384. The van der Waals surface area contributed by atoms with Gasteiger partial charge in [0.15, 0.2) is 5.17 Å². The van der Waals surface area contributed by atoms with E-state index in [1.807, 2.05) is 30.3 Å². The Morgan fingerprint density at radius 1 is 1.28 bits per heavy atom. The average Bonchev–Trinajstić information content (AvgIpc) is 2.60. The summed E-state index contributed by atoms with van der Waals surface area (Å²) < 4.78 is 0. The number of hydrogen-bond acceptors (Lipinski definition) is 6. The summed E-state index contributed by atoms with van der Waals surface area (Å²) in [6.45, 7) is 0. The highest BCUT2D eigenvalue weighted by Gasteiger charge is 2.14. The van der Waals surface area contributed by atoms with E-state index in [-0.39, 0.29) is 22.0 Å². The van der Waals surface area contributed by atoms with Crippen molar-refractivity contribution in [3.63, 3.8) is 0 Å². The number of nitrogens with zero attached hydrogens (tertiary/aromatic N) is 3. The molecule has 0 atom stereocenters. The van der Waals surface area contributed by atoms with Crippen LogP contribution in [0, 0.1) is 10.1 Å². The van der Waals surface area contributed by atoms with Gasteiger partial charge in [-0.05, 0) is 11.6 Å². The van der Waals surface area contributed by atoms with Crippen molar-refractivity contribution >= 4 is 34.8 Å². The first-order valence-corrected chi connectivity index (χ1v) is 8.01. The fraction of sp³-hybridized carbons (Fsp3) is 0.0625. The Morgan fingerprint density at radius 2 is 2.00 bits per heavy atom. The molecule has 0 bridgehead atoms. The molecular weight excluding hydrogens is 344 g/mol. The molecule has 2 rings (SSSR count). The Morgan fingerprint density at radius 3 is 2.64 bits per heavy atom. The molecule has 0 aliphatic carbocycles. The largest absolute Gasteiger partial charge is 0.478 e. The first-order valence-electron chi connectivity index (χ1n) is 7.02. The zero-order chi connectivity index (χ0) is 18.2. The summed E-state index contributed by atoms with van der Waals surface area (Å²) >= 11 is 1.29. The number of aromatic carboxylic acids is 1. The first kappa shape index (κ1) is 18.1. The molecule has 0 heterocycles. The zero-order valence-electron chi connectivity index (χ0n) is 12.9. The molecule has 2 aromatic rings. The van der Waals surface area contributed by atoms with Crippen LogP contribution in [-0.2, 0) is 5.75 Å². The third kappa shape index (κ3) is 5.43. The predicted octanol–water partition coefficient (Wildman–Crippen LogP) is 2.88. The Kier molecular flexibility index (Phi) is 6.24. The van der Waals surface area contributed by atoms with Gasteiger partial charge in [-0.2, -0.15) is 5.10 Å². The first-order chi connectivity index (χ1) is 12.0. The standard InChI is InChI=1S/C16H14N4O4S/c17-16(25-10-11-4-2-1-3-5-11)19-18-9-12-6-7-13(20(23)24)8-14(12)15(21)22/h1-9H,10H2,(H2,17,19)(H,21,22). The lowest BCUT2D eigenvalue weighted by Gasteiger charge is -2.01. The van der Waals surface area contributed by atoms with Crippen LogP contribution in [-0.4, -0.2) is 27.4 Å². The minimum absolute atomic E-state index is 0.197. The van der Waals surface area contributed by atoms with Gasteiger partial charge in [-0.3, -0.25) is 10.1 Å². The number of benzene rings is 2. The van der Waals surface area contributed by atoms with Crippen LogP contribution in [0.25, 0.3) is 0 Å². The third-order valence-corrected chi connectivity index (χ3v) is 3.92. The van der Waals surface area contributed by atoms with Crippen molar-refractivity contribution in [1.29, 1.82) is 0 Å². The Bertz CT molecular complexity index is 837. The summed E-state index contributed by atoms with van der Waals surface area (Å²) in [5.41, 5.74) is 6.48. The molecule has 25 heavy (non-hydrogen) atoms. The number of carbonyl (C=O) groups is 1. The molecule has 0 unspecified atom stereocenters. The summed E-state index contributed by atoms with van der Waals surface area (Å²) in [5.74, 6) is -0.663. The number of carboxylic acids is 1. The smallest absolute Gasteiger partial charge is 0.336 e. The Balaban J connectivity index is 2.07. The van der Waals surface area contributed by atoms with E-state index >= 15 is 0 Å². The zero-order valence-corrected chi connectivity index (χ0v) is 13.7. The van der Waals surface area contributed by atoms with Crippen molar-refractivity contribution < 1.29 is 14.8 Å². The molecule has 0 saturated carbocycles. The van der Waals surface area contributed by atoms with Crippen LogP contribution in [0.3, 0.4) is 0 Å². The van der Waals surface area contributed by atoms with Crippen LogP contribution < -0.4 is 5.73 Å². The van der Waals surface area contributed by atoms with Gasteiger partial charge in [0.2, 0.25) is 0 Å². The molecule has 0 amide bonds. The lowest BCUT2D eigenvalue weighted by atomic mass is 10.1. The van der Waals surface area contributed by atoms with E-state index in [4.69, 9.17) is 10.8 Å². The van der Waals surface area contributed by atoms with Gasteiger partial charge in [0.25, 0.3) is 5.69 Å². The van der Waals surface area contributed by atoms with Crippen molar-refractivity contribution in [2.45, 2.75) is 5.75 Å². The minimum atomic E-state index is -1.29. The number of amidine groups is 1. The number of nitro benzene ring substituents is 1. The monoisotopic (exact) mass is 358 g/mol. The van der Waals surface area contributed by atoms with Crippen LogP contribution in [0.4, 0.5) is 5.69 Å². The van der Waals surface area contributed by atoms with E-state index in [2.05, 4.69) is 10.2 Å². The van der Waals surface area contributed by atoms with Crippen LogP contribution in [0.1, 0.15) is 21.5 Å². The quantitative estimate of drug-likeness (QED) is 0.353. The van der Waals surface area contributed by atoms with E-state index in [1.165, 1.54) is 30.1 Å². The highest BCUT2D eigenvalue weighted by Crippen LogP contribution is 2.17. The van der Waals surface area contributed by atoms with Crippen LogP contribution in [0.2, 0.25) is 0 Å². The summed E-state index contributed by atoms with van der Waals surface area (Å²) in [6, 6.07) is 13.1. The number of nitro groups is 1. The number of non-ortho nitro benzene ring substituents is 1. The molecule has 0 spiro atoms. The molecule has 0 saturated heterocycles. The number of carboxylic acid groups (broad SMARTS) is 1. The van der Waals surface area contributed by atoms with Gasteiger partial charge in [0, 0.05) is 23.4 Å². The van der Waals surface area contributed by atoms with E-state index in [0.29, 0.717) is 5.75 Å². The highest BCUT2D eigenvalue weighted by molar-refractivity contribution is 8.13. The van der Waals surface area contributed by atoms with Crippen LogP contribution in [0.15, 0.2) is 58.7 Å².